The highest BCUT2D eigenvalue weighted by Gasteiger charge is 2.39. The molecule has 0 aliphatic rings. The van der Waals surface area contributed by atoms with Crippen molar-refractivity contribution in [1.82, 2.24) is 0 Å². The summed E-state index contributed by atoms with van der Waals surface area (Å²) in [4.78, 5) is 0. The van der Waals surface area contributed by atoms with Crippen LogP contribution in [0.2, 0.25) is 0 Å². The molecule has 0 saturated carbocycles. The minimum atomic E-state index is -4.70. The zero-order chi connectivity index (χ0) is 13.9. The monoisotopic (exact) mass is 264 g/mol. The topological polar surface area (TPSA) is 38.7 Å². The van der Waals surface area contributed by atoms with Gasteiger partial charge in [0.15, 0.2) is 17.6 Å². The lowest BCUT2D eigenvalue weighted by molar-refractivity contribution is -0.206. The first kappa shape index (κ1) is 14.6. The first-order valence-corrected chi connectivity index (χ1v) is 5.35. The number of rotatable bonds is 4. The molecule has 1 N–H and O–H groups in total. The van der Waals surface area contributed by atoms with E-state index in [0.717, 1.165) is 6.07 Å². The van der Waals surface area contributed by atoms with E-state index in [1.54, 1.807) is 13.8 Å². The molecule has 18 heavy (non-hydrogen) atoms. The summed E-state index contributed by atoms with van der Waals surface area (Å²) >= 11 is 0. The predicted molar refractivity (Wildman–Crippen MR) is 59.8 cm³/mol. The summed E-state index contributed by atoms with van der Waals surface area (Å²) < 4.78 is 47.4. The lowest BCUT2D eigenvalue weighted by Crippen LogP contribution is -2.20. The van der Waals surface area contributed by atoms with Crippen LogP contribution in [-0.2, 0) is 0 Å². The Balaban J connectivity index is 3.05. The first-order chi connectivity index (χ1) is 8.25. The standard InChI is InChI=1S/C12H15F3O3/c1-7(2)18-9-5-4-8(6-10(9)17-3)11(16)12(13,14)15/h4-7,11,16H,1-3H3. The lowest BCUT2D eigenvalue weighted by Gasteiger charge is -2.18. The summed E-state index contributed by atoms with van der Waals surface area (Å²) in [5.74, 6) is 0.495. The maximum Gasteiger partial charge on any atom is 0.418 e. The predicted octanol–water partition coefficient (Wildman–Crippen LogP) is 3.08. The Labute approximate surface area is 103 Å². The zero-order valence-electron chi connectivity index (χ0n) is 10.3. The molecule has 0 amide bonds. The largest absolute Gasteiger partial charge is 0.493 e. The van der Waals surface area contributed by atoms with E-state index >= 15 is 0 Å². The van der Waals surface area contributed by atoms with Crippen LogP contribution in [0.1, 0.15) is 25.5 Å². The van der Waals surface area contributed by atoms with Gasteiger partial charge in [0.1, 0.15) is 0 Å². The second-order valence-corrected chi connectivity index (χ2v) is 4.02. The fourth-order valence-corrected chi connectivity index (χ4v) is 1.39. The fraction of sp³-hybridized carbons (Fsp3) is 0.500. The van der Waals surface area contributed by atoms with Crippen molar-refractivity contribution in [2.75, 3.05) is 7.11 Å². The number of hydrogen-bond acceptors (Lipinski definition) is 3. The minimum Gasteiger partial charge on any atom is -0.493 e. The van der Waals surface area contributed by atoms with Crippen LogP contribution in [-0.4, -0.2) is 24.5 Å². The Kier molecular flexibility index (Phi) is 4.45. The van der Waals surface area contributed by atoms with Crippen LogP contribution in [0.3, 0.4) is 0 Å². The van der Waals surface area contributed by atoms with Crippen molar-refractivity contribution in [2.45, 2.75) is 32.2 Å². The van der Waals surface area contributed by atoms with E-state index in [9.17, 15) is 13.2 Å². The molecule has 3 nitrogen and oxygen atoms in total. The van der Waals surface area contributed by atoms with Crippen LogP contribution in [0.4, 0.5) is 13.2 Å². The molecule has 0 aromatic heterocycles. The number of aliphatic hydroxyl groups excluding tert-OH is 1. The van der Waals surface area contributed by atoms with E-state index in [0.29, 0.717) is 5.75 Å². The normalized spacial score (nSPS) is 13.6. The van der Waals surface area contributed by atoms with Gasteiger partial charge in [-0.05, 0) is 31.5 Å². The van der Waals surface area contributed by atoms with Gasteiger partial charge in [0, 0.05) is 0 Å². The molecule has 0 aliphatic heterocycles. The van der Waals surface area contributed by atoms with Crippen LogP contribution in [0.5, 0.6) is 11.5 Å². The van der Waals surface area contributed by atoms with Gasteiger partial charge >= 0.3 is 6.18 Å². The van der Waals surface area contributed by atoms with Crippen molar-refractivity contribution in [3.05, 3.63) is 23.8 Å². The van der Waals surface area contributed by atoms with Gasteiger partial charge in [-0.25, -0.2) is 0 Å². The highest BCUT2D eigenvalue weighted by atomic mass is 19.4. The molecule has 1 unspecified atom stereocenters. The Morgan fingerprint density at radius 3 is 2.22 bits per heavy atom. The smallest absolute Gasteiger partial charge is 0.418 e. The van der Waals surface area contributed by atoms with Crippen LogP contribution >= 0.6 is 0 Å². The summed E-state index contributed by atoms with van der Waals surface area (Å²) in [6.45, 7) is 3.58. The van der Waals surface area contributed by atoms with E-state index in [4.69, 9.17) is 14.6 Å². The molecule has 1 rings (SSSR count). The highest BCUT2D eigenvalue weighted by molar-refractivity contribution is 5.43. The summed E-state index contributed by atoms with van der Waals surface area (Å²) in [5, 5.41) is 9.13. The Morgan fingerprint density at radius 2 is 1.78 bits per heavy atom. The van der Waals surface area contributed by atoms with Gasteiger partial charge < -0.3 is 14.6 Å². The number of aliphatic hydroxyl groups is 1. The van der Waals surface area contributed by atoms with Crippen molar-refractivity contribution in [2.24, 2.45) is 0 Å². The summed E-state index contributed by atoms with van der Waals surface area (Å²) in [6.07, 6.45) is -7.36. The van der Waals surface area contributed by atoms with Crippen LogP contribution in [0.25, 0.3) is 0 Å². The maximum absolute atomic E-state index is 12.4. The molecule has 6 heteroatoms. The van der Waals surface area contributed by atoms with Crippen molar-refractivity contribution < 1.29 is 27.8 Å². The van der Waals surface area contributed by atoms with Gasteiger partial charge in [-0.3, -0.25) is 0 Å². The SMILES string of the molecule is COc1cc(C(O)C(F)(F)F)ccc1OC(C)C. The van der Waals surface area contributed by atoms with E-state index in [-0.39, 0.29) is 17.4 Å². The average Bonchev–Trinajstić information content (AvgIpc) is 2.26. The third-order valence-corrected chi connectivity index (χ3v) is 2.18. The molecule has 0 bridgehead atoms. The molecule has 1 aromatic rings. The molecule has 1 aromatic carbocycles. The summed E-state index contributed by atoms with van der Waals surface area (Å²) in [6, 6.07) is 3.64. The van der Waals surface area contributed by atoms with Crippen molar-refractivity contribution >= 4 is 0 Å². The van der Waals surface area contributed by atoms with Gasteiger partial charge in [-0.2, -0.15) is 13.2 Å². The number of halogens is 3. The third-order valence-electron chi connectivity index (χ3n) is 2.18. The number of alkyl halides is 3. The van der Waals surface area contributed by atoms with E-state index in [1.165, 1.54) is 19.2 Å². The Bertz CT molecular complexity index is 402. The molecule has 1 atom stereocenters. The molecule has 0 radical (unpaired) electrons. The highest BCUT2D eigenvalue weighted by Crippen LogP contribution is 2.37. The quantitative estimate of drug-likeness (QED) is 0.908. The molecular formula is C12H15F3O3. The number of methoxy groups -OCH3 is 1. The van der Waals surface area contributed by atoms with Gasteiger partial charge in [0.05, 0.1) is 13.2 Å². The van der Waals surface area contributed by atoms with Crippen LogP contribution in [0.15, 0.2) is 18.2 Å². The zero-order valence-corrected chi connectivity index (χ0v) is 10.3. The molecule has 0 spiro atoms. The Hall–Kier alpha value is -1.43. The fourth-order valence-electron chi connectivity index (χ4n) is 1.39. The van der Waals surface area contributed by atoms with Gasteiger partial charge in [0.25, 0.3) is 0 Å². The summed E-state index contributed by atoms with van der Waals surface area (Å²) in [5.41, 5.74) is -0.282. The van der Waals surface area contributed by atoms with E-state index in [1.807, 2.05) is 0 Å². The Morgan fingerprint density at radius 1 is 1.17 bits per heavy atom. The van der Waals surface area contributed by atoms with E-state index < -0.39 is 12.3 Å². The van der Waals surface area contributed by atoms with Gasteiger partial charge in [-0.15, -0.1) is 0 Å². The van der Waals surface area contributed by atoms with E-state index in [2.05, 4.69) is 0 Å². The second kappa shape index (κ2) is 5.48. The molecule has 0 saturated heterocycles. The van der Waals surface area contributed by atoms with Gasteiger partial charge in [-0.1, -0.05) is 6.07 Å². The molecule has 0 fully saturated rings. The molecule has 102 valence electrons. The van der Waals surface area contributed by atoms with Crippen molar-refractivity contribution in [1.29, 1.82) is 0 Å². The lowest BCUT2D eigenvalue weighted by atomic mass is 10.1. The maximum atomic E-state index is 12.4. The first-order valence-electron chi connectivity index (χ1n) is 5.35. The molecular weight excluding hydrogens is 249 g/mol. The van der Waals surface area contributed by atoms with Gasteiger partial charge in [0.2, 0.25) is 0 Å². The van der Waals surface area contributed by atoms with Crippen molar-refractivity contribution in [3.8, 4) is 11.5 Å². The number of hydrogen-bond donors (Lipinski definition) is 1. The number of ether oxygens (including phenoxy) is 2. The average molecular weight is 264 g/mol. The minimum absolute atomic E-state index is 0.128. The van der Waals surface area contributed by atoms with Crippen molar-refractivity contribution in [3.63, 3.8) is 0 Å². The van der Waals surface area contributed by atoms with Crippen LogP contribution in [0, 0.1) is 0 Å². The molecule has 0 aliphatic carbocycles. The second-order valence-electron chi connectivity index (χ2n) is 4.02. The number of benzene rings is 1. The summed E-state index contributed by atoms with van der Waals surface area (Å²) in [7, 11) is 1.33. The molecule has 0 heterocycles. The van der Waals surface area contributed by atoms with Crippen LogP contribution < -0.4 is 9.47 Å². The third kappa shape index (κ3) is 3.53.